The molecule has 0 aromatic carbocycles. The molecule has 0 aromatic rings. The SMILES string of the molecule is CCC(=O)C1C[C@@H]2CN(C)CC[C@H]2CC1=O. The fourth-order valence-electron chi connectivity index (χ4n) is 3.19. The fraction of sp³-hybridized carbons (Fsp3) is 0.846. The number of fused-ring (bicyclic) bond motifs is 1. The highest BCUT2D eigenvalue weighted by atomic mass is 16.1. The van der Waals surface area contributed by atoms with E-state index in [0.29, 0.717) is 24.7 Å². The molecule has 3 atom stereocenters. The van der Waals surface area contributed by atoms with Gasteiger partial charge in [-0.05, 0) is 38.3 Å². The number of rotatable bonds is 2. The predicted molar refractivity (Wildman–Crippen MR) is 62.1 cm³/mol. The maximum absolute atomic E-state index is 11.9. The van der Waals surface area contributed by atoms with Gasteiger partial charge in [-0.25, -0.2) is 0 Å². The first-order chi connectivity index (χ1) is 7.61. The summed E-state index contributed by atoms with van der Waals surface area (Å²) in [6.45, 7) is 4.01. The average Bonchev–Trinajstić information content (AvgIpc) is 2.28. The Morgan fingerprint density at radius 2 is 2.19 bits per heavy atom. The molecule has 1 saturated carbocycles. The summed E-state index contributed by atoms with van der Waals surface area (Å²) in [5.74, 6) is 1.19. The maximum Gasteiger partial charge on any atom is 0.143 e. The van der Waals surface area contributed by atoms with Crippen LogP contribution in [0.5, 0.6) is 0 Å². The highest BCUT2D eigenvalue weighted by Gasteiger charge is 2.40. The third-order valence-corrected chi connectivity index (χ3v) is 4.22. The number of nitrogens with zero attached hydrogens (tertiary/aromatic N) is 1. The summed E-state index contributed by atoms with van der Waals surface area (Å²) in [4.78, 5) is 25.9. The number of hydrogen-bond acceptors (Lipinski definition) is 3. The van der Waals surface area contributed by atoms with Crippen LogP contribution in [0.1, 0.15) is 32.6 Å². The zero-order valence-electron chi connectivity index (χ0n) is 10.2. The lowest BCUT2D eigenvalue weighted by Gasteiger charge is -2.41. The number of ketones is 2. The van der Waals surface area contributed by atoms with E-state index in [9.17, 15) is 9.59 Å². The standard InChI is InChI=1S/C13H21NO2/c1-3-12(15)11-6-10-8-14(2)5-4-9(10)7-13(11)16/h9-11H,3-8H2,1-2H3/t9-,10+,11?/m0/s1. The number of carbonyl (C=O) groups is 2. The fourth-order valence-corrected chi connectivity index (χ4v) is 3.19. The first-order valence-corrected chi connectivity index (χ1v) is 6.35. The number of hydrogen-bond donors (Lipinski definition) is 0. The van der Waals surface area contributed by atoms with Crippen LogP contribution in [0, 0.1) is 17.8 Å². The second kappa shape index (κ2) is 4.66. The van der Waals surface area contributed by atoms with Gasteiger partial charge in [-0.1, -0.05) is 6.92 Å². The molecule has 0 amide bonds. The van der Waals surface area contributed by atoms with Crippen LogP contribution in [0.15, 0.2) is 0 Å². The van der Waals surface area contributed by atoms with E-state index >= 15 is 0 Å². The second-order valence-electron chi connectivity index (χ2n) is 5.35. The molecule has 16 heavy (non-hydrogen) atoms. The molecule has 1 aliphatic carbocycles. The summed E-state index contributed by atoms with van der Waals surface area (Å²) in [5.41, 5.74) is 0. The van der Waals surface area contributed by atoms with E-state index in [1.54, 1.807) is 0 Å². The normalized spacial score (nSPS) is 35.9. The van der Waals surface area contributed by atoms with E-state index in [4.69, 9.17) is 0 Å². The van der Waals surface area contributed by atoms with Gasteiger partial charge in [0.05, 0.1) is 5.92 Å². The number of likely N-dealkylation sites (tertiary alicyclic amines) is 1. The molecule has 1 saturated heterocycles. The summed E-state index contributed by atoms with van der Waals surface area (Å²) in [5, 5.41) is 0. The zero-order valence-corrected chi connectivity index (χ0v) is 10.2. The van der Waals surface area contributed by atoms with Crippen molar-refractivity contribution in [2.45, 2.75) is 32.6 Å². The molecular formula is C13H21NO2. The van der Waals surface area contributed by atoms with Crippen molar-refractivity contribution in [3.8, 4) is 0 Å². The van der Waals surface area contributed by atoms with Crippen molar-refractivity contribution in [3.05, 3.63) is 0 Å². The van der Waals surface area contributed by atoms with Gasteiger partial charge in [0.1, 0.15) is 11.6 Å². The van der Waals surface area contributed by atoms with Crippen LogP contribution in [0.2, 0.25) is 0 Å². The second-order valence-corrected chi connectivity index (χ2v) is 5.35. The van der Waals surface area contributed by atoms with E-state index in [-0.39, 0.29) is 17.5 Å². The summed E-state index contributed by atoms with van der Waals surface area (Å²) in [6.07, 6.45) is 3.08. The Hall–Kier alpha value is -0.700. The van der Waals surface area contributed by atoms with Crippen LogP contribution in [-0.4, -0.2) is 36.6 Å². The Bertz CT molecular complexity index is 300. The smallest absolute Gasteiger partial charge is 0.143 e. The van der Waals surface area contributed by atoms with Gasteiger partial charge in [0, 0.05) is 19.4 Å². The molecule has 0 aromatic heterocycles. The molecule has 0 radical (unpaired) electrons. The molecule has 0 N–H and O–H groups in total. The van der Waals surface area contributed by atoms with Crippen LogP contribution < -0.4 is 0 Å². The average molecular weight is 223 g/mol. The zero-order chi connectivity index (χ0) is 11.7. The molecule has 1 heterocycles. The van der Waals surface area contributed by atoms with E-state index in [2.05, 4.69) is 11.9 Å². The third kappa shape index (κ3) is 2.19. The van der Waals surface area contributed by atoms with Gasteiger partial charge in [0.15, 0.2) is 0 Å². The Morgan fingerprint density at radius 1 is 1.44 bits per heavy atom. The van der Waals surface area contributed by atoms with E-state index in [0.717, 1.165) is 25.9 Å². The van der Waals surface area contributed by atoms with Gasteiger partial charge < -0.3 is 4.90 Å². The summed E-state index contributed by atoms with van der Waals surface area (Å²) < 4.78 is 0. The van der Waals surface area contributed by atoms with Gasteiger partial charge >= 0.3 is 0 Å². The highest BCUT2D eigenvalue weighted by Crippen LogP contribution is 2.37. The number of Topliss-reactive ketones (excluding diaryl/α,β-unsaturated/α-hetero) is 2. The molecule has 1 unspecified atom stereocenters. The van der Waals surface area contributed by atoms with Gasteiger partial charge in [-0.2, -0.15) is 0 Å². The maximum atomic E-state index is 11.9. The molecule has 90 valence electrons. The summed E-state index contributed by atoms with van der Waals surface area (Å²) in [6, 6.07) is 0. The molecule has 2 aliphatic rings. The summed E-state index contributed by atoms with van der Waals surface area (Å²) in [7, 11) is 2.13. The Labute approximate surface area is 97.2 Å². The van der Waals surface area contributed by atoms with Gasteiger partial charge in [0.2, 0.25) is 0 Å². The topological polar surface area (TPSA) is 37.4 Å². The Balaban J connectivity index is 2.05. The van der Waals surface area contributed by atoms with Crippen molar-refractivity contribution in [1.29, 1.82) is 0 Å². The van der Waals surface area contributed by atoms with Crippen molar-refractivity contribution in [2.75, 3.05) is 20.1 Å². The minimum atomic E-state index is -0.280. The van der Waals surface area contributed by atoms with Crippen molar-refractivity contribution >= 4 is 11.6 Å². The molecule has 3 heteroatoms. The summed E-state index contributed by atoms with van der Waals surface area (Å²) >= 11 is 0. The Morgan fingerprint density at radius 3 is 2.88 bits per heavy atom. The first kappa shape index (κ1) is 11.8. The van der Waals surface area contributed by atoms with E-state index in [1.165, 1.54) is 0 Å². The molecular weight excluding hydrogens is 202 g/mol. The Kier molecular flexibility index (Phi) is 3.43. The van der Waals surface area contributed by atoms with Crippen LogP contribution in [0.25, 0.3) is 0 Å². The number of piperidine rings is 1. The minimum Gasteiger partial charge on any atom is -0.306 e. The van der Waals surface area contributed by atoms with Crippen molar-refractivity contribution in [1.82, 2.24) is 4.90 Å². The first-order valence-electron chi connectivity index (χ1n) is 6.35. The van der Waals surface area contributed by atoms with Crippen molar-refractivity contribution < 1.29 is 9.59 Å². The monoisotopic (exact) mass is 223 g/mol. The van der Waals surface area contributed by atoms with Crippen LogP contribution in [0.3, 0.4) is 0 Å². The van der Waals surface area contributed by atoms with Crippen molar-refractivity contribution in [2.24, 2.45) is 17.8 Å². The minimum absolute atomic E-state index is 0.150. The van der Waals surface area contributed by atoms with Gasteiger partial charge in [0.25, 0.3) is 0 Å². The van der Waals surface area contributed by atoms with Gasteiger partial charge in [-0.3, -0.25) is 9.59 Å². The van der Waals surface area contributed by atoms with Gasteiger partial charge in [-0.15, -0.1) is 0 Å². The highest BCUT2D eigenvalue weighted by molar-refractivity contribution is 6.02. The molecule has 0 spiro atoms. The number of carbonyl (C=O) groups excluding carboxylic acids is 2. The molecule has 2 rings (SSSR count). The lowest BCUT2D eigenvalue weighted by molar-refractivity contribution is -0.137. The van der Waals surface area contributed by atoms with Crippen LogP contribution >= 0.6 is 0 Å². The quantitative estimate of drug-likeness (QED) is 0.666. The largest absolute Gasteiger partial charge is 0.306 e. The molecule has 1 aliphatic heterocycles. The molecule has 2 fully saturated rings. The lowest BCUT2D eigenvalue weighted by atomic mass is 9.69. The van der Waals surface area contributed by atoms with Crippen molar-refractivity contribution in [3.63, 3.8) is 0 Å². The van der Waals surface area contributed by atoms with Crippen LogP contribution in [-0.2, 0) is 9.59 Å². The molecule has 0 bridgehead atoms. The lowest BCUT2D eigenvalue weighted by Crippen LogP contribution is -2.45. The predicted octanol–water partition coefficient (Wildman–Crippen LogP) is 1.51. The van der Waals surface area contributed by atoms with Crippen LogP contribution in [0.4, 0.5) is 0 Å². The van der Waals surface area contributed by atoms with E-state index < -0.39 is 0 Å². The third-order valence-electron chi connectivity index (χ3n) is 4.22. The molecule has 3 nitrogen and oxygen atoms in total. The van der Waals surface area contributed by atoms with E-state index in [1.807, 2.05) is 6.92 Å².